The Morgan fingerprint density at radius 3 is 2.93 bits per heavy atom. The molecule has 0 bridgehead atoms. The average Bonchev–Trinajstić information content (AvgIpc) is 3.38. The van der Waals surface area contributed by atoms with Crippen molar-refractivity contribution in [3.05, 3.63) is 60.3 Å². The van der Waals surface area contributed by atoms with Crippen LogP contribution in [0.4, 0.5) is 10.1 Å². The van der Waals surface area contributed by atoms with Crippen molar-refractivity contribution in [1.82, 2.24) is 20.1 Å². The number of H-pyrrole nitrogens is 1. The number of hydrogen-bond donors (Lipinski definition) is 1. The Hall–Kier alpha value is -2.83. The van der Waals surface area contributed by atoms with Crippen LogP contribution in [0.5, 0.6) is 0 Å². The molecular formula is C23H31FN6. The maximum Gasteiger partial charge on any atom is 0.126 e. The van der Waals surface area contributed by atoms with Crippen molar-refractivity contribution in [1.29, 1.82) is 0 Å². The lowest BCUT2D eigenvalue weighted by Gasteiger charge is -2.36. The Bertz CT molecular complexity index is 908. The molecule has 6 nitrogen and oxygen atoms in total. The molecule has 2 aliphatic heterocycles. The van der Waals surface area contributed by atoms with Gasteiger partial charge >= 0.3 is 0 Å². The van der Waals surface area contributed by atoms with E-state index in [4.69, 9.17) is 5.10 Å². The second-order valence-electron chi connectivity index (χ2n) is 8.52. The first-order chi connectivity index (χ1) is 14.5. The smallest absolute Gasteiger partial charge is 0.126 e. The number of halogens is 1. The van der Waals surface area contributed by atoms with Gasteiger partial charge < -0.3 is 9.80 Å². The Kier molecular flexibility index (Phi) is 5.79. The summed E-state index contributed by atoms with van der Waals surface area (Å²) >= 11 is 0. The summed E-state index contributed by atoms with van der Waals surface area (Å²) in [6.07, 6.45) is 4.60. The Morgan fingerprint density at radius 1 is 1.40 bits per heavy atom. The van der Waals surface area contributed by atoms with Crippen LogP contribution in [0.25, 0.3) is 0 Å². The largest absolute Gasteiger partial charge is 0.380 e. The average molecular weight is 411 g/mol. The van der Waals surface area contributed by atoms with E-state index in [9.17, 15) is 4.39 Å². The van der Waals surface area contributed by atoms with Gasteiger partial charge in [-0.15, -0.1) is 0 Å². The summed E-state index contributed by atoms with van der Waals surface area (Å²) in [6.45, 7) is 11.5. The normalized spacial score (nSPS) is 21.9. The molecule has 30 heavy (non-hydrogen) atoms. The zero-order valence-corrected chi connectivity index (χ0v) is 18.1. The fourth-order valence-corrected chi connectivity index (χ4v) is 4.55. The first-order valence-electron chi connectivity index (χ1n) is 10.6. The van der Waals surface area contributed by atoms with Crippen LogP contribution in [0.2, 0.25) is 0 Å². The number of aryl methyl sites for hydroxylation is 1. The molecule has 0 saturated carbocycles. The molecule has 3 heterocycles. The summed E-state index contributed by atoms with van der Waals surface area (Å²) in [5, 5.41) is 14.5. The number of aromatic amines is 1. The van der Waals surface area contributed by atoms with Gasteiger partial charge in [0.25, 0.3) is 0 Å². The van der Waals surface area contributed by atoms with E-state index in [1.165, 1.54) is 5.71 Å². The number of fused-ring (bicyclic) bond motifs is 1. The molecule has 0 amide bonds. The lowest BCUT2D eigenvalue weighted by atomic mass is 9.90. The molecule has 3 unspecified atom stereocenters. The molecule has 1 aromatic heterocycles. The van der Waals surface area contributed by atoms with Crippen LogP contribution in [0.1, 0.15) is 30.5 Å². The van der Waals surface area contributed by atoms with E-state index in [-0.39, 0.29) is 11.7 Å². The van der Waals surface area contributed by atoms with Crippen molar-refractivity contribution >= 4 is 11.4 Å². The van der Waals surface area contributed by atoms with Crippen molar-refractivity contribution in [2.45, 2.75) is 32.2 Å². The van der Waals surface area contributed by atoms with Crippen LogP contribution in [-0.2, 0) is 0 Å². The van der Waals surface area contributed by atoms with Crippen LogP contribution < -0.4 is 4.90 Å². The third-order valence-electron chi connectivity index (χ3n) is 6.49. The molecule has 1 fully saturated rings. The van der Waals surface area contributed by atoms with E-state index in [1.807, 2.05) is 38.4 Å². The summed E-state index contributed by atoms with van der Waals surface area (Å²) in [6, 6.07) is 7.78. The number of anilines is 1. The van der Waals surface area contributed by atoms with Gasteiger partial charge in [0, 0.05) is 74.8 Å². The summed E-state index contributed by atoms with van der Waals surface area (Å²) in [5.74, 6) is 0.509. The first-order valence-corrected chi connectivity index (χ1v) is 10.6. The number of likely N-dealkylation sites (N-methyl/N-ethyl adjacent to an activating group) is 1. The van der Waals surface area contributed by atoms with E-state index >= 15 is 0 Å². The number of rotatable bonds is 7. The fourth-order valence-electron chi connectivity index (χ4n) is 4.55. The molecule has 1 saturated heterocycles. The van der Waals surface area contributed by atoms with Crippen LogP contribution >= 0.6 is 0 Å². The fraction of sp³-hybridized carbons (Fsp3) is 0.478. The molecule has 0 aliphatic carbocycles. The highest BCUT2D eigenvalue weighted by Crippen LogP contribution is 2.32. The van der Waals surface area contributed by atoms with Crippen molar-refractivity contribution in [3.63, 3.8) is 0 Å². The molecule has 2 aromatic rings. The maximum absolute atomic E-state index is 13.7. The molecule has 3 atom stereocenters. The number of hydrazone groups is 1. The predicted octanol–water partition coefficient (Wildman–Crippen LogP) is 3.60. The number of hydrogen-bond acceptors (Lipinski definition) is 5. The molecular weight excluding hydrogens is 379 g/mol. The highest BCUT2D eigenvalue weighted by molar-refractivity contribution is 5.90. The topological polar surface area (TPSA) is 50.8 Å². The van der Waals surface area contributed by atoms with Gasteiger partial charge in [-0.05, 0) is 49.9 Å². The summed E-state index contributed by atoms with van der Waals surface area (Å²) in [4.78, 5) is 4.47. The van der Waals surface area contributed by atoms with Crippen molar-refractivity contribution in [2.75, 3.05) is 38.1 Å². The van der Waals surface area contributed by atoms with Crippen molar-refractivity contribution < 1.29 is 4.39 Å². The Balaban J connectivity index is 1.47. The molecule has 7 heteroatoms. The van der Waals surface area contributed by atoms with Gasteiger partial charge in [0.2, 0.25) is 0 Å². The van der Waals surface area contributed by atoms with Gasteiger partial charge in [0.05, 0.1) is 6.04 Å². The van der Waals surface area contributed by atoms with Gasteiger partial charge in [0.15, 0.2) is 0 Å². The standard InChI is InChI=1S/C23H31FN6/c1-5-28(4)13-18(22-8-10-25-26-22)14-30-17(3)20-15-29(11-9-23(20)27-30)19-6-7-21(24)16(2)12-19/h5-8,10,12,17-18,20H,1,9,11,13-15H2,2-4H3,(H,25,26). The van der Waals surface area contributed by atoms with Crippen molar-refractivity contribution in [3.8, 4) is 0 Å². The van der Waals surface area contributed by atoms with E-state index in [0.717, 1.165) is 44.0 Å². The maximum atomic E-state index is 13.7. The van der Waals surface area contributed by atoms with Gasteiger partial charge in [-0.2, -0.15) is 10.2 Å². The lowest BCUT2D eigenvalue weighted by Crippen LogP contribution is -2.45. The van der Waals surface area contributed by atoms with E-state index in [1.54, 1.807) is 12.3 Å². The minimum absolute atomic E-state index is 0.146. The molecule has 0 spiro atoms. The number of nitrogens with zero attached hydrogens (tertiary/aromatic N) is 5. The highest BCUT2D eigenvalue weighted by atomic mass is 19.1. The van der Waals surface area contributed by atoms with Gasteiger partial charge in [-0.25, -0.2) is 4.39 Å². The molecule has 0 radical (unpaired) electrons. The van der Waals surface area contributed by atoms with Crippen LogP contribution in [0, 0.1) is 18.7 Å². The Labute approximate surface area is 178 Å². The van der Waals surface area contributed by atoms with Crippen LogP contribution in [-0.4, -0.2) is 65.1 Å². The Morgan fingerprint density at radius 2 is 2.23 bits per heavy atom. The summed E-state index contributed by atoms with van der Waals surface area (Å²) in [5.41, 5.74) is 4.20. The third-order valence-corrected chi connectivity index (χ3v) is 6.49. The summed E-state index contributed by atoms with van der Waals surface area (Å²) < 4.78 is 13.7. The predicted molar refractivity (Wildman–Crippen MR) is 119 cm³/mol. The number of aromatic nitrogens is 2. The second kappa shape index (κ2) is 8.50. The van der Waals surface area contributed by atoms with E-state index < -0.39 is 0 Å². The van der Waals surface area contributed by atoms with Crippen LogP contribution in [0.3, 0.4) is 0 Å². The molecule has 1 N–H and O–H groups in total. The third kappa shape index (κ3) is 4.06. The van der Waals surface area contributed by atoms with E-state index in [0.29, 0.717) is 17.5 Å². The number of piperidine rings is 1. The van der Waals surface area contributed by atoms with Gasteiger partial charge in [0.1, 0.15) is 5.82 Å². The van der Waals surface area contributed by atoms with Crippen molar-refractivity contribution in [2.24, 2.45) is 11.0 Å². The quantitative estimate of drug-likeness (QED) is 0.758. The molecule has 4 rings (SSSR count). The van der Waals surface area contributed by atoms with Crippen LogP contribution in [0.15, 0.2) is 48.3 Å². The monoisotopic (exact) mass is 410 g/mol. The molecule has 160 valence electrons. The van der Waals surface area contributed by atoms with E-state index in [2.05, 4.69) is 38.5 Å². The SMILES string of the molecule is C=CN(C)CC(CN1N=C2CCN(c3ccc(F)c(C)c3)CC2C1C)c1ccn[nH]1. The molecule has 2 aliphatic rings. The zero-order valence-electron chi connectivity index (χ0n) is 18.1. The zero-order chi connectivity index (χ0) is 21.3. The highest BCUT2D eigenvalue weighted by Gasteiger charge is 2.39. The lowest BCUT2D eigenvalue weighted by molar-refractivity contribution is 0.192. The minimum atomic E-state index is -0.146. The number of nitrogens with one attached hydrogen (secondary N) is 1. The second-order valence-corrected chi connectivity index (χ2v) is 8.52. The van der Waals surface area contributed by atoms with Gasteiger partial charge in [-0.3, -0.25) is 10.1 Å². The minimum Gasteiger partial charge on any atom is -0.380 e. The first kappa shape index (κ1) is 20.4. The van der Waals surface area contributed by atoms with Gasteiger partial charge in [-0.1, -0.05) is 6.58 Å². The number of benzene rings is 1. The molecule has 1 aromatic carbocycles. The summed E-state index contributed by atoms with van der Waals surface area (Å²) in [7, 11) is 2.04.